The molecule has 1 N–H and O–H groups in total. The van der Waals surface area contributed by atoms with Crippen molar-refractivity contribution < 1.29 is 4.79 Å². The summed E-state index contributed by atoms with van der Waals surface area (Å²) in [5.74, 6) is 0.766. The lowest BCUT2D eigenvalue weighted by atomic mass is 9.85. The molecule has 124 valence electrons. The summed E-state index contributed by atoms with van der Waals surface area (Å²) in [5, 5.41) is 4.28. The van der Waals surface area contributed by atoms with Gasteiger partial charge < -0.3 is 5.32 Å². The van der Waals surface area contributed by atoms with Crippen LogP contribution in [-0.4, -0.2) is 18.4 Å². The second-order valence-corrected chi connectivity index (χ2v) is 7.45. The third kappa shape index (κ3) is 4.05. The molecule has 2 atom stereocenters. The Bertz CT molecular complexity index is 631. The first-order chi connectivity index (χ1) is 11.1. The smallest absolute Gasteiger partial charge is 0.158 e. The molecule has 2 aliphatic rings. The summed E-state index contributed by atoms with van der Waals surface area (Å²) in [6, 6.07) is 7.04. The average molecular weight is 332 g/mol. The van der Waals surface area contributed by atoms with Crippen LogP contribution in [0.25, 0.3) is 0 Å². The lowest BCUT2D eigenvalue weighted by molar-refractivity contribution is -0.116. The van der Waals surface area contributed by atoms with Crippen molar-refractivity contribution in [1.82, 2.24) is 5.32 Å². The first-order valence-electron chi connectivity index (χ1n) is 8.78. The molecule has 1 saturated heterocycles. The molecule has 0 aromatic heterocycles. The summed E-state index contributed by atoms with van der Waals surface area (Å²) >= 11 is 6.65. The molecule has 1 aromatic carbocycles. The molecule has 23 heavy (non-hydrogen) atoms. The van der Waals surface area contributed by atoms with E-state index in [1.807, 2.05) is 6.92 Å². The third-order valence-corrected chi connectivity index (χ3v) is 5.77. The molecule has 1 aliphatic heterocycles. The molecule has 0 spiro atoms. The van der Waals surface area contributed by atoms with Gasteiger partial charge in [-0.1, -0.05) is 42.3 Å². The minimum absolute atomic E-state index is 0.343. The number of benzene rings is 1. The molecule has 2 nitrogen and oxygen atoms in total. The van der Waals surface area contributed by atoms with E-state index in [1.165, 1.54) is 16.7 Å². The second-order valence-electron chi connectivity index (χ2n) is 7.07. The lowest BCUT2D eigenvalue weighted by Crippen LogP contribution is -2.10. The van der Waals surface area contributed by atoms with Gasteiger partial charge in [-0.05, 0) is 61.6 Å². The normalized spacial score (nSPS) is 22.4. The van der Waals surface area contributed by atoms with E-state index in [0.29, 0.717) is 17.7 Å². The van der Waals surface area contributed by atoms with E-state index in [2.05, 4.69) is 30.4 Å². The Morgan fingerprint density at radius 3 is 2.87 bits per heavy atom. The molecule has 3 rings (SSSR count). The van der Waals surface area contributed by atoms with Crippen LogP contribution in [0.15, 0.2) is 29.3 Å². The Hall–Kier alpha value is -1.12. The van der Waals surface area contributed by atoms with Crippen molar-refractivity contribution >= 4 is 17.4 Å². The number of halogens is 1. The molecular formula is C20H26ClNO. The van der Waals surface area contributed by atoms with Gasteiger partial charge in [-0.2, -0.15) is 0 Å². The predicted octanol–water partition coefficient (Wildman–Crippen LogP) is 4.81. The van der Waals surface area contributed by atoms with Crippen LogP contribution in [0.5, 0.6) is 0 Å². The van der Waals surface area contributed by atoms with Crippen molar-refractivity contribution in [1.29, 1.82) is 0 Å². The molecule has 0 amide bonds. The summed E-state index contributed by atoms with van der Waals surface area (Å²) in [6.07, 6.45) is 5.94. The van der Waals surface area contributed by atoms with E-state index < -0.39 is 0 Å². The fraction of sp³-hybridized carbons (Fsp3) is 0.550. The number of carbonyl (C=O) groups excluding carboxylic acids is 1. The Labute approximate surface area is 144 Å². The first-order valence-corrected chi connectivity index (χ1v) is 9.16. The predicted molar refractivity (Wildman–Crippen MR) is 96.2 cm³/mol. The molecule has 2 unspecified atom stereocenters. The topological polar surface area (TPSA) is 39.0 Å². The Morgan fingerprint density at radius 1 is 1.35 bits per heavy atom. The van der Waals surface area contributed by atoms with Crippen LogP contribution in [0.3, 0.4) is 0 Å². The van der Waals surface area contributed by atoms with Gasteiger partial charge in [0.1, 0.15) is 0 Å². The molecule has 1 aromatic rings. The molecule has 0 radical (unpaired) electrons. The number of Topliss-reactive ketones (excluding diaryl/α,β-unsaturated/α-hetero) is 1. The van der Waals surface area contributed by atoms with E-state index >= 15 is 0 Å². The fourth-order valence-electron chi connectivity index (χ4n) is 3.52. The number of nitrogens with one attached hydrogen (secondary N) is 1. The maximum atomic E-state index is 11.8. The van der Waals surface area contributed by atoms with Gasteiger partial charge in [0.15, 0.2) is 5.78 Å². The van der Waals surface area contributed by atoms with Crippen molar-refractivity contribution in [3.63, 3.8) is 0 Å². The Balaban J connectivity index is 1.67. The molecule has 1 fully saturated rings. The zero-order valence-electron chi connectivity index (χ0n) is 14.1. The minimum Gasteiger partial charge on any atom is -0.311 e. The zero-order valence-corrected chi connectivity index (χ0v) is 14.9. The van der Waals surface area contributed by atoms with Gasteiger partial charge in [0.2, 0.25) is 0 Å². The number of hydrogen-bond donors (Lipinski definition) is 1. The molecule has 1 aliphatic carbocycles. The maximum Gasteiger partial charge on any atom is 0.158 e. The van der Waals surface area contributed by atoms with Crippen LogP contribution >= 0.6 is 11.6 Å². The largest absolute Gasteiger partial charge is 0.311 e. The molecule has 0 saturated carbocycles. The van der Waals surface area contributed by atoms with E-state index in [0.717, 1.165) is 55.7 Å². The van der Waals surface area contributed by atoms with Gasteiger partial charge in [-0.3, -0.25) is 4.79 Å². The van der Waals surface area contributed by atoms with E-state index in [-0.39, 0.29) is 0 Å². The number of hydrogen-bond acceptors (Lipinski definition) is 2. The number of allylic oxidation sites excluding steroid dienone is 2. The highest BCUT2D eigenvalue weighted by atomic mass is 35.5. The standard InChI is InChI=1S/C20H26ClNO/c1-13(9-10-15-5-4-8-19(23)14(15)2)18-7-3-6-16(20(18)21)11-17-12-22-17/h3,6-7,13,17,22H,4-5,8-12H2,1-2H3. The summed E-state index contributed by atoms with van der Waals surface area (Å²) in [4.78, 5) is 11.8. The molecule has 0 bridgehead atoms. The third-order valence-electron chi connectivity index (χ3n) is 5.31. The summed E-state index contributed by atoms with van der Waals surface area (Å²) in [7, 11) is 0. The number of rotatable bonds is 6. The summed E-state index contributed by atoms with van der Waals surface area (Å²) in [6.45, 7) is 5.36. The Morgan fingerprint density at radius 2 is 2.13 bits per heavy atom. The van der Waals surface area contributed by atoms with Crippen LogP contribution in [0.4, 0.5) is 0 Å². The van der Waals surface area contributed by atoms with Crippen molar-refractivity contribution in [2.75, 3.05) is 6.54 Å². The lowest BCUT2D eigenvalue weighted by Gasteiger charge is -2.20. The molecular weight excluding hydrogens is 306 g/mol. The first kappa shape index (κ1) is 16.7. The number of carbonyl (C=O) groups is 1. The van der Waals surface area contributed by atoms with Crippen LogP contribution in [0, 0.1) is 0 Å². The summed E-state index contributed by atoms with van der Waals surface area (Å²) < 4.78 is 0. The average Bonchev–Trinajstić information content (AvgIpc) is 3.34. The summed E-state index contributed by atoms with van der Waals surface area (Å²) in [5.41, 5.74) is 4.89. The highest BCUT2D eigenvalue weighted by Gasteiger charge is 2.23. The van der Waals surface area contributed by atoms with Crippen LogP contribution < -0.4 is 5.32 Å². The number of ketones is 1. The fourth-order valence-corrected chi connectivity index (χ4v) is 3.91. The minimum atomic E-state index is 0.343. The van der Waals surface area contributed by atoms with E-state index in [4.69, 9.17) is 11.6 Å². The monoisotopic (exact) mass is 331 g/mol. The van der Waals surface area contributed by atoms with Gasteiger partial charge in [-0.15, -0.1) is 0 Å². The Kier molecular flexibility index (Phi) is 5.23. The molecule has 1 heterocycles. The van der Waals surface area contributed by atoms with Crippen LogP contribution in [0.2, 0.25) is 5.02 Å². The van der Waals surface area contributed by atoms with Gasteiger partial charge in [0.25, 0.3) is 0 Å². The van der Waals surface area contributed by atoms with Gasteiger partial charge in [0.05, 0.1) is 0 Å². The van der Waals surface area contributed by atoms with Crippen LogP contribution in [-0.2, 0) is 11.2 Å². The quantitative estimate of drug-likeness (QED) is 0.760. The van der Waals surface area contributed by atoms with Crippen molar-refractivity contribution in [2.24, 2.45) is 0 Å². The van der Waals surface area contributed by atoms with Crippen molar-refractivity contribution in [3.8, 4) is 0 Å². The van der Waals surface area contributed by atoms with Crippen molar-refractivity contribution in [2.45, 2.75) is 64.3 Å². The van der Waals surface area contributed by atoms with Crippen LogP contribution in [0.1, 0.15) is 63.0 Å². The van der Waals surface area contributed by atoms with Gasteiger partial charge in [0, 0.05) is 24.0 Å². The molecule has 3 heteroatoms. The maximum absolute atomic E-state index is 11.8. The van der Waals surface area contributed by atoms with Crippen molar-refractivity contribution in [3.05, 3.63) is 45.5 Å². The SMILES string of the molecule is CC1=C(CCC(C)c2cccc(CC3CN3)c2Cl)CCCC1=O. The zero-order chi connectivity index (χ0) is 16.4. The highest BCUT2D eigenvalue weighted by Crippen LogP contribution is 2.34. The highest BCUT2D eigenvalue weighted by molar-refractivity contribution is 6.32. The second kappa shape index (κ2) is 7.19. The van der Waals surface area contributed by atoms with E-state index in [9.17, 15) is 4.79 Å². The van der Waals surface area contributed by atoms with Gasteiger partial charge in [-0.25, -0.2) is 0 Å². The van der Waals surface area contributed by atoms with Gasteiger partial charge >= 0.3 is 0 Å². The van der Waals surface area contributed by atoms with E-state index in [1.54, 1.807) is 0 Å².